The van der Waals surface area contributed by atoms with Crippen molar-refractivity contribution in [3.8, 4) is 5.75 Å². The maximum atomic E-state index is 13.3. The summed E-state index contributed by atoms with van der Waals surface area (Å²) in [7, 11) is 0. The Morgan fingerprint density at radius 1 is 1.12 bits per heavy atom. The summed E-state index contributed by atoms with van der Waals surface area (Å²) < 4.78 is 12.6. The minimum absolute atomic E-state index is 0.0896. The van der Waals surface area contributed by atoms with Crippen LogP contribution < -0.4 is 11.2 Å². The molecule has 0 atom stereocenters. The molecule has 0 fully saturated rings. The average molecular weight is 481 g/mol. The van der Waals surface area contributed by atoms with Crippen molar-refractivity contribution in [1.29, 1.82) is 0 Å². The van der Waals surface area contributed by atoms with Gasteiger partial charge in [0.25, 0.3) is 5.56 Å². The number of thioether (sulfide) groups is 1. The molecule has 2 aromatic heterocycles. The van der Waals surface area contributed by atoms with Crippen molar-refractivity contribution in [2.45, 2.75) is 57.2 Å². The number of fused-ring (bicyclic) bond motifs is 2. The first kappa shape index (κ1) is 24.0. The quantitative estimate of drug-likeness (QED) is 0.158. The molecule has 7 nitrogen and oxygen atoms in total. The number of nitrogens with zero attached hydrogens (tertiary/aromatic N) is 2. The number of benzene rings is 2. The molecule has 0 saturated carbocycles. The molecule has 0 aliphatic carbocycles. The zero-order valence-corrected chi connectivity index (χ0v) is 20.4. The zero-order valence-electron chi connectivity index (χ0n) is 19.5. The third kappa shape index (κ3) is 5.18. The van der Waals surface area contributed by atoms with Gasteiger partial charge < -0.3 is 14.3 Å². The lowest BCUT2D eigenvalue weighted by atomic mass is 10.1. The molecule has 0 aliphatic rings. The number of aromatic hydroxyl groups is 1. The van der Waals surface area contributed by atoms with Crippen LogP contribution in [0.2, 0.25) is 0 Å². The number of para-hydroxylation sites is 1. The zero-order chi connectivity index (χ0) is 24.2. The number of phenols is 1. The Balaban J connectivity index is 1.70. The fraction of sp³-hybridized carbons (Fsp3) is 0.346. The molecule has 0 amide bonds. The van der Waals surface area contributed by atoms with E-state index in [-0.39, 0.29) is 17.4 Å². The molecule has 8 heteroatoms. The molecule has 2 aromatic carbocycles. The van der Waals surface area contributed by atoms with E-state index in [0.717, 1.165) is 16.5 Å². The van der Waals surface area contributed by atoms with Gasteiger partial charge in [-0.3, -0.25) is 9.36 Å². The number of aromatic nitrogens is 2. The van der Waals surface area contributed by atoms with Crippen molar-refractivity contribution < 1.29 is 14.3 Å². The normalized spacial score (nSPS) is 11.6. The van der Waals surface area contributed by atoms with E-state index in [1.165, 1.54) is 23.9 Å². The Labute approximate surface area is 201 Å². The summed E-state index contributed by atoms with van der Waals surface area (Å²) in [6, 6.07) is 12.1. The predicted octanol–water partition coefficient (Wildman–Crippen LogP) is 4.88. The third-order valence-electron chi connectivity index (χ3n) is 5.57. The lowest BCUT2D eigenvalue weighted by molar-refractivity contribution is 0.0743. The van der Waals surface area contributed by atoms with Gasteiger partial charge in [-0.25, -0.2) is 9.78 Å². The lowest BCUT2D eigenvalue weighted by Crippen LogP contribution is -2.24. The second kappa shape index (κ2) is 10.4. The smallest absolute Gasteiger partial charge is 0.336 e. The van der Waals surface area contributed by atoms with Crippen LogP contribution in [0.3, 0.4) is 0 Å². The van der Waals surface area contributed by atoms with Gasteiger partial charge in [0, 0.05) is 36.4 Å². The standard InChI is InChI=1S/C26H28N2O5S/c1-4-17-12-20-18(13-24(30)33-23(20)14-22(17)29)15-34-26-27-21-9-6-5-8-19(21)25(31)28(26)10-7-11-32-16(2)3/h5-6,8-9,12-14,16,29H,4,7,10-11,15H2,1-3H3. The van der Waals surface area contributed by atoms with Gasteiger partial charge in [-0.15, -0.1) is 0 Å². The van der Waals surface area contributed by atoms with Crippen LogP contribution in [0.5, 0.6) is 5.75 Å². The molecule has 1 N–H and O–H groups in total. The van der Waals surface area contributed by atoms with Crippen molar-refractivity contribution in [1.82, 2.24) is 9.55 Å². The van der Waals surface area contributed by atoms with E-state index in [2.05, 4.69) is 0 Å². The Kier molecular flexibility index (Phi) is 7.38. The average Bonchev–Trinajstić information content (AvgIpc) is 2.81. The van der Waals surface area contributed by atoms with Crippen LogP contribution in [0.4, 0.5) is 0 Å². The predicted molar refractivity (Wildman–Crippen MR) is 135 cm³/mol. The highest BCUT2D eigenvalue weighted by Gasteiger charge is 2.15. The molecule has 0 unspecified atom stereocenters. The summed E-state index contributed by atoms with van der Waals surface area (Å²) in [5.41, 5.74) is 1.95. The summed E-state index contributed by atoms with van der Waals surface area (Å²) >= 11 is 1.40. The summed E-state index contributed by atoms with van der Waals surface area (Å²) in [5, 5.41) is 12.1. The minimum atomic E-state index is -0.485. The highest BCUT2D eigenvalue weighted by atomic mass is 32.2. The highest BCUT2D eigenvalue weighted by molar-refractivity contribution is 7.98. The number of ether oxygens (including phenoxy) is 1. The molecule has 178 valence electrons. The van der Waals surface area contributed by atoms with Gasteiger partial charge in [-0.05, 0) is 56.0 Å². The van der Waals surface area contributed by atoms with Crippen LogP contribution in [0, 0.1) is 0 Å². The van der Waals surface area contributed by atoms with E-state index in [0.29, 0.717) is 53.4 Å². The van der Waals surface area contributed by atoms with Crippen molar-refractivity contribution in [2.24, 2.45) is 0 Å². The molecule has 0 bridgehead atoms. The van der Waals surface area contributed by atoms with Crippen LogP contribution in [0.1, 0.15) is 38.3 Å². The van der Waals surface area contributed by atoms with E-state index in [1.807, 2.05) is 45.0 Å². The molecule has 0 saturated heterocycles. The van der Waals surface area contributed by atoms with Crippen molar-refractivity contribution in [3.05, 3.63) is 74.4 Å². The number of phenolic OH excluding ortho intramolecular Hbond substituents is 1. The largest absolute Gasteiger partial charge is 0.508 e. The van der Waals surface area contributed by atoms with Crippen LogP contribution in [0.25, 0.3) is 21.9 Å². The van der Waals surface area contributed by atoms with Gasteiger partial charge in [0.2, 0.25) is 0 Å². The van der Waals surface area contributed by atoms with Crippen LogP contribution >= 0.6 is 11.8 Å². The molecule has 4 aromatic rings. The SMILES string of the molecule is CCc1cc2c(CSc3nc4ccccc4c(=O)n3CCCOC(C)C)cc(=O)oc2cc1O. The molecule has 2 heterocycles. The topological polar surface area (TPSA) is 94.6 Å². The third-order valence-corrected chi connectivity index (χ3v) is 6.60. The first-order chi connectivity index (χ1) is 16.4. The number of aryl methyl sites for hydroxylation is 1. The lowest BCUT2D eigenvalue weighted by Gasteiger charge is -2.14. The molecular formula is C26H28N2O5S. The van der Waals surface area contributed by atoms with Crippen LogP contribution in [-0.4, -0.2) is 27.4 Å². The Bertz CT molecular complexity index is 1440. The number of hydrogen-bond acceptors (Lipinski definition) is 7. The van der Waals surface area contributed by atoms with E-state index >= 15 is 0 Å². The summed E-state index contributed by atoms with van der Waals surface area (Å²) in [6.07, 6.45) is 1.46. The summed E-state index contributed by atoms with van der Waals surface area (Å²) in [6.45, 7) is 6.95. The second-order valence-corrected chi connectivity index (χ2v) is 9.29. The van der Waals surface area contributed by atoms with E-state index in [4.69, 9.17) is 14.1 Å². The summed E-state index contributed by atoms with van der Waals surface area (Å²) in [4.78, 5) is 30.2. The van der Waals surface area contributed by atoms with Gasteiger partial charge in [-0.1, -0.05) is 30.8 Å². The first-order valence-electron chi connectivity index (χ1n) is 11.4. The Morgan fingerprint density at radius 3 is 2.68 bits per heavy atom. The van der Waals surface area contributed by atoms with Gasteiger partial charge in [-0.2, -0.15) is 0 Å². The Hall–Kier alpha value is -3.10. The monoisotopic (exact) mass is 480 g/mol. The van der Waals surface area contributed by atoms with Crippen LogP contribution in [0.15, 0.2) is 61.6 Å². The van der Waals surface area contributed by atoms with Gasteiger partial charge in [0.05, 0.1) is 17.0 Å². The molecule has 0 spiro atoms. The molecule has 0 aliphatic heterocycles. The number of rotatable bonds is 9. The Morgan fingerprint density at radius 2 is 1.91 bits per heavy atom. The fourth-order valence-electron chi connectivity index (χ4n) is 3.85. The van der Waals surface area contributed by atoms with Gasteiger partial charge >= 0.3 is 5.63 Å². The maximum Gasteiger partial charge on any atom is 0.336 e. The van der Waals surface area contributed by atoms with Crippen molar-refractivity contribution >= 4 is 33.6 Å². The van der Waals surface area contributed by atoms with Crippen molar-refractivity contribution in [2.75, 3.05) is 6.61 Å². The fourth-order valence-corrected chi connectivity index (χ4v) is 4.87. The molecule has 0 radical (unpaired) electrons. The van der Waals surface area contributed by atoms with E-state index in [1.54, 1.807) is 10.6 Å². The van der Waals surface area contributed by atoms with Crippen LogP contribution in [-0.2, 0) is 23.5 Å². The van der Waals surface area contributed by atoms with Crippen molar-refractivity contribution in [3.63, 3.8) is 0 Å². The van der Waals surface area contributed by atoms with E-state index < -0.39 is 5.63 Å². The molecular weight excluding hydrogens is 452 g/mol. The summed E-state index contributed by atoms with van der Waals surface area (Å²) in [5.74, 6) is 0.528. The molecule has 34 heavy (non-hydrogen) atoms. The van der Waals surface area contributed by atoms with Gasteiger partial charge in [0.15, 0.2) is 5.16 Å². The van der Waals surface area contributed by atoms with E-state index in [9.17, 15) is 14.7 Å². The molecule has 4 rings (SSSR count). The number of hydrogen-bond donors (Lipinski definition) is 1. The first-order valence-corrected chi connectivity index (χ1v) is 12.4. The van der Waals surface area contributed by atoms with Gasteiger partial charge in [0.1, 0.15) is 11.3 Å². The second-order valence-electron chi connectivity index (χ2n) is 8.35. The highest BCUT2D eigenvalue weighted by Crippen LogP contribution is 2.30. The minimum Gasteiger partial charge on any atom is -0.508 e. The maximum absolute atomic E-state index is 13.3.